The van der Waals surface area contributed by atoms with Crippen molar-refractivity contribution >= 4 is 40.3 Å². The number of benzene rings is 1. The first kappa shape index (κ1) is 27.3. The molecule has 3 N–H and O–H groups in total. The van der Waals surface area contributed by atoms with Crippen molar-refractivity contribution < 1.29 is 14.3 Å². The zero-order valence-corrected chi connectivity index (χ0v) is 22.5. The van der Waals surface area contributed by atoms with Gasteiger partial charge in [-0.3, -0.25) is 4.79 Å². The molecule has 2 aromatic heterocycles. The molecule has 0 saturated heterocycles. The van der Waals surface area contributed by atoms with E-state index in [1.165, 1.54) is 6.92 Å². The van der Waals surface area contributed by atoms with Gasteiger partial charge in [0, 0.05) is 31.6 Å². The van der Waals surface area contributed by atoms with Crippen LogP contribution in [0.4, 0.5) is 11.8 Å². The fourth-order valence-electron chi connectivity index (χ4n) is 3.93. The number of methoxy groups -OCH3 is 2. The molecule has 3 rings (SSSR count). The standard InChI is InChI=1S/C26H35ClN6O3/c1-7-8-11-26(4,15-29-17(3)34)33-24-23-22(16(2)12-21(27)30-23)31-25(32-24)28-14-18-9-10-19(35-5)13-20(18)36-6/h9-10,12-13H,7-8,11,14-15H2,1-6H3,(H,29,34)(H2,28,31,32,33). The number of nitrogens with zero attached hydrogens (tertiary/aromatic N) is 3. The molecule has 0 bridgehead atoms. The fraction of sp³-hybridized carbons (Fsp3) is 0.462. The van der Waals surface area contributed by atoms with E-state index >= 15 is 0 Å². The van der Waals surface area contributed by atoms with Crippen molar-refractivity contribution in [2.45, 2.75) is 59.0 Å². The highest BCUT2D eigenvalue weighted by Gasteiger charge is 2.26. The van der Waals surface area contributed by atoms with Gasteiger partial charge in [0.05, 0.1) is 25.3 Å². The third kappa shape index (κ3) is 6.87. The predicted octanol–water partition coefficient (Wildman–Crippen LogP) is 5.11. The van der Waals surface area contributed by atoms with E-state index < -0.39 is 5.54 Å². The van der Waals surface area contributed by atoms with Crippen LogP contribution in [0.15, 0.2) is 24.3 Å². The normalized spacial score (nSPS) is 12.6. The lowest BCUT2D eigenvalue weighted by atomic mass is 9.94. The van der Waals surface area contributed by atoms with Gasteiger partial charge in [0.1, 0.15) is 22.2 Å². The Balaban J connectivity index is 1.99. The summed E-state index contributed by atoms with van der Waals surface area (Å²) in [6, 6.07) is 7.44. The van der Waals surface area contributed by atoms with E-state index in [4.69, 9.17) is 31.0 Å². The van der Waals surface area contributed by atoms with Crippen molar-refractivity contribution in [1.82, 2.24) is 20.3 Å². The molecule has 194 valence electrons. The number of ether oxygens (including phenoxy) is 2. The maximum atomic E-state index is 11.7. The number of pyridine rings is 1. The number of anilines is 2. The SMILES string of the molecule is CCCCC(C)(CNC(C)=O)Nc1nc(NCc2ccc(OC)cc2OC)nc2c(C)cc(Cl)nc12. The molecule has 0 aliphatic heterocycles. The summed E-state index contributed by atoms with van der Waals surface area (Å²) in [5, 5.41) is 10.2. The van der Waals surface area contributed by atoms with Crippen molar-refractivity contribution in [2.24, 2.45) is 0 Å². The molecule has 2 heterocycles. The highest BCUT2D eigenvalue weighted by atomic mass is 35.5. The second kappa shape index (κ2) is 12.1. The molecule has 1 amide bonds. The van der Waals surface area contributed by atoms with Crippen molar-refractivity contribution in [2.75, 3.05) is 31.4 Å². The molecule has 0 spiro atoms. The average molecular weight is 515 g/mol. The summed E-state index contributed by atoms with van der Waals surface area (Å²) in [5.74, 6) is 2.33. The van der Waals surface area contributed by atoms with Crippen molar-refractivity contribution in [1.29, 1.82) is 0 Å². The van der Waals surface area contributed by atoms with Crippen LogP contribution in [-0.4, -0.2) is 47.2 Å². The highest BCUT2D eigenvalue weighted by molar-refractivity contribution is 6.30. The molecule has 10 heteroatoms. The first-order valence-corrected chi connectivity index (χ1v) is 12.4. The van der Waals surface area contributed by atoms with Crippen LogP contribution in [0, 0.1) is 6.92 Å². The molecule has 1 unspecified atom stereocenters. The number of carbonyl (C=O) groups excluding carboxylic acids is 1. The quantitative estimate of drug-likeness (QED) is 0.286. The zero-order valence-electron chi connectivity index (χ0n) is 21.8. The second-order valence-electron chi connectivity index (χ2n) is 9.09. The van der Waals surface area contributed by atoms with E-state index in [0.29, 0.717) is 52.5 Å². The molecular formula is C26H35ClN6O3. The average Bonchev–Trinajstić information content (AvgIpc) is 2.85. The number of hydrogen-bond donors (Lipinski definition) is 3. The summed E-state index contributed by atoms with van der Waals surface area (Å²) in [6.07, 6.45) is 2.85. The molecular weight excluding hydrogens is 480 g/mol. The van der Waals surface area contributed by atoms with Crippen LogP contribution in [0.2, 0.25) is 5.15 Å². The number of aromatic nitrogens is 3. The topological polar surface area (TPSA) is 110 Å². The number of unbranched alkanes of at least 4 members (excludes halogenated alkanes) is 1. The Hall–Kier alpha value is -3.33. The van der Waals surface area contributed by atoms with E-state index in [0.717, 1.165) is 30.4 Å². The van der Waals surface area contributed by atoms with Crippen LogP contribution in [-0.2, 0) is 11.3 Å². The van der Waals surface area contributed by atoms with Gasteiger partial charge in [0.2, 0.25) is 11.9 Å². The maximum Gasteiger partial charge on any atom is 0.225 e. The minimum Gasteiger partial charge on any atom is -0.497 e. The number of halogens is 1. The second-order valence-corrected chi connectivity index (χ2v) is 9.47. The molecule has 0 saturated carbocycles. The molecule has 9 nitrogen and oxygen atoms in total. The van der Waals surface area contributed by atoms with Gasteiger partial charge < -0.3 is 25.4 Å². The van der Waals surface area contributed by atoms with Crippen molar-refractivity contribution in [3.8, 4) is 11.5 Å². The number of fused-ring (bicyclic) bond motifs is 1. The lowest BCUT2D eigenvalue weighted by Gasteiger charge is -2.32. The molecule has 0 aliphatic rings. The van der Waals surface area contributed by atoms with E-state index in [9.17, 15) is 4.79 Å². The Kier molecular flexibility index (Phi) is 9.14. The van der Waals surface area contributed by atoms with Gasteiger partial charge in [0.25, 0.3) is 0 Å². The summed E-state index contributed by atoms with van der Waals surface area (Å²) < 4.78 is 10.8. The summed E-state index contributed by atoms with van der Waals surface area (Å²) in [4.78, 5) is 25.7. The minimum absolute atomic E-state index is 0.0834. The van der Waals surface area contributed by atoms with Crippen LogP contribution in [0.25, 0.3) is 11.0 Å². The summed E-state index contributed by atoms with van der Waals surface area (Å²) in [5.41, 5.74) is 2.65. The number of amides is 1. The van der Waals surface area contributed by atoms with Gasteiger partial charge in [-0.15, -0.1) is 0 Å². The van der Waals surface area contributed by atoms with Crippen LogP contribution in [0.1, 0.15) is 51.2 Å². The minimum atomic E-state index is -0.447. The highest BCUT2D eigenvalue weighted by Crippen LogP contribution is 2.30. The largest absolute Gasteiger partial charge is 0.497 e. The van der Waals surface area contributed by atoms with Gasteiger partial charge >= 0.3 is 0 Å². The van der Waals surface area contributed by atoms with Crippen molar-refractivity contribution in [3.05, 3.63) is 40.5 Å². The number of aryl methyl sites for hydroxylation is 1. The van der Waals surface area contributed by atoms with Crippen LogP contribution >= 0.6 is 11.6 Å². The predicted molar refractivity (Wildman–Crippen MR) is 144 cm³/mol. The Bertz CT molecular complexity index is 1220. The van der Waals surface area contributed by atoms with Gasteiger partial charge in [0.15, 0.2) is 5.82 Å². The smallest absolute Gasteiger partial charge is 0.225 e. The molecule has 1 aromatic carbocycles. The molecule has 36 heavy (non-hydrogen) atoms. The van der Waals surface area contributed by atoms with Crippen LogP contribution in [0.5, 0.6) is 11.5 Å². The van der Waals surface area contributed by atoms with Gasteiger partial charge in [-0.1, -0.05) is 31.4 Å². The lowest BCUT2D eigenvalue weighted by molar-refractivity contribution is -0.119. The van der Waals surface area contributed by atoms with Crippen LogP contribution in [0.3, 0.4) is 0 Å². The van der Waals surface area contributed by atoms with Crippen molar-refractivity contribution in [3.63, 3.8) is 0 Å². The molecule has 3 aromatic rings. The summed E-state index contributed by atoms with van der Waals surface area (Å²) >= 11 is 6.30. The van der Waals surface area contributed by atoms with Gasteiger partial charge in [-0.2, -0.15) is 4.98 Å². The molecule has 0 fully saturated rings. The number of hydrogen-bond acceptors (Lipinski definition) is 8. The van der Waals surface area contributed by atoms with E-state index in [1.54, 1.807) is 20.3 Å². The van der Waals surface area contributed by atoms with E-state index in [1.807, 2.05) is 25.1 Å². The number of carbonyl (C=O) groups is 1. The Morgan fingerprint density at radius 2 is 1.89 bits per heavy atom. The lowest BCUT2D eigenvalue weighted by Crippen LogP contribution is -2.46. The zero-order chi connectivity index (χ0) is 26.3. The maximum absolute atomic E-state index is 11.7. The third-order valence-corrected chi connectivity index (χ3v) is 6.17. The molecule has 1 atom stereocenters. The number of nitrogens with one attached hydrogen (secondary N) is 3. The first-order valence-electron chi connectivity index (χ1n) is 12.0. The first-order chi connectivity index (χ1) is 17.2. The Labute approximate surface area is 217 Å². The number of rotatable bonds is 12. The molecule has 0 radical (unpaired) electrons. The Morgan fingerprint density at radius 3 is 2.56 bits per heavy atom. The van der Waals surface area contributed by atoms with Gasteiger partial charge in [-0.25, -0.2) is 9.97 Å². The fourth-order valence-corrected chi connectivity index (χ4v) is 4.18. The monoisotopic (exact) mass is 514 g/mol. The molecule has 0 aliphatic carbocycles. The van der Waals surface area contributed by atoms with Gasteiger partial charge in [-0.05, 0) is 44.0 Å². The van der Waals surface area contributed by atoms with Crippen LogP contribution < -0.4 is 25.4 Å². The summed E-state index contributed by atoms with van der Waals surface area (Å²) in [6.45, 7) is 8.55. The van der Waals surface area contributed by atoms with E-state index in [2.05, 4.69) is 34.8 Å². The summed E-state index contributed by atoms with van der Waals surface area (Å²) in [7, 11) is 3.24. The Morgan fingerprint density at radius 1 is 1.11 bits per heavy atom. The van der Waals surface area contributed by atoms with E-state index in [-0.39, 0.29) is 5.91 Å². The third-order valence-electron chi connectivity index (χ3n) is 5.97.